The van der Waals surface area contributed by atoms with Crippen LogP contribution in [0.1, 0.15) is 46.0 Å². The van der Waals surface area contributed by atoms with Crippen molar-refractivity contribution < 1.29 is 23.9 Å². The Kier molecular flexibility index (Phi) is 15.3. The molecule has 0 fully saturated rings. The van der Waals surface area contributed by atoms with Crippen LogP contribution >= 0.6 is 0 Å². The molecule has 0 saturated heterocycles. The summed E-state index contributed by atoms with van der Waals surface area (Å²) in [5.74, 6) is -1.75. The van der Waals surface area contributed by atoms with Gasteiger partial charge < -0.3 is 9.47 Å². The Morgan fingerprint density at radius 2 is 1.50 bits per heavy atom. The number of hydrogen-bond acceptors (Lipinski definition) is 5. The fraction of sp³-hybridized carbons (Fsp3) is 0.471. The first kappa shape index (κ1) is 22.1. The smallest absolute Gasteiger partial charge is 0.338 e. The predicted molar refractivity (Wildman–Crippen MR) is 86.0 cm³/mol. The van der Waals surface area contributed by atoms with Gasteiger partial charge in [0, 0.05) is 17.7 Å². The summed E-state index contributed by atoms with van der Waals surface area (Å²) in [4.78, 5) is 31.5. The lowest BCUT2D eigenvalue weighted by atomic mass is 10.2. The van der Waals surface area contributed by atoms with Gasteiger partial charge in [-0.25, -0.2) is 14.4 Å². The Balaban J connectivity index is 0. The van der Waals surface area contributed by atoms with E-state index in [2.05, 4.69) is 31.4 Å². The minimum atomic E-state index is -0.764. The average molecular weight is 310 g/mol. The molecule has 0 aliphatic rings. The molecule has 0 rings (SSSR count). The van der Waals surface area contributed by atoms with E-state index in [9.17, 15) is 14.4 Å². The fourth-order valence-electron chi connectivity index (χ4n) is 1.21. The minimum Gasteiger partial charge on any atom is -0.462 e. The summed E-state index contributed by atoms with van der Waals surface area (Å²) in [5.41, 5.74) is 0.596. The summed E-state index contributed by atoms with van der Waals surface area (Å²) in [6.45, 7) is 14.5. The molecule has 0 atom stereocenters. The third-order valence-corrected chi connectivity index (χ3v) is 2.36. The van der Waals surface area contributed by atoms with Crippen LogP contribution in [0.15, 0.2) is 37.5 Å². The largest absolute Gasteiger partial charge is 0.462 e. The second kappa shape index (κ2) is 15.2. The number of esters is 3. The zero-order chi connectivity index (χ0) is 17.4. The molecular formula is C17H26O5. The number of rotatable bonds is 9. The van der Waals surface area contributed by atoms with Gasteiger partial charge in [-0.15, -0.1) is 0 Å². The molecule has 0 radical (unpaired) electrons. The lowest BCUT2D eigenvalue weighted by Gasteiger charge is -2.05. The standard InChI is InChI=1S/C11H20O2.C6H6O3/c1-4-6-7-9-13-11(12)10(3)8-5-2;1-3-5(7)9-6(8)4-2/h3-9H2,1-2H3;3-4H,1-2H2. The van der Waals surface area contributed by atoms with Crippen molar-refractivity contribution in [3.05, 3.63) is 37.5 Å². The van der Waals surface area contributed by atoms with Crippen LogP contribution in [0.25, 0.3) is 0 Å². The molecule has 0 aromatic heterocycles. The van der Waals surface area contributed by atoms with Gasteiger partial charge in [0.1, 0.15) is 0 Å². The van der Waals surface area contributed by atoms with Gasteiger partial charge in [0.15, 0.2) is 0 Å². The summed E-state index contributed by atoms with van der Waals surface area (Å²) in [6.07, 6.45) is 6.72. The van der Waals surface area contributed by atoms with E-state index in [1.54, 1.807) is 0 Å². The summed E-state index contributed by atoms with van der Waals surface area (Å²) in [5, 5.41) is 0. The number of unbranched alkanes of at least 4 members (excludes halogenated alkanes) is 2. The molecular weight excluding hydrogens is 284 g/mol. The molecule has 0 aromatic rings. The van der Waals surface area contributed by atoms with Crippen molar-refractivity contribution >= 4 is 17.9 Å². The van der Waals surface area contributed by atoms with Crippen LogP contribution in [0.4, 0.5) is 0 Å². The second-order valence-electron chi connectivity index (χ2n) is 4.34. The van der Waals surface area contributed by atoms with Gasteiger partial charge in [-0.3, -0.25) is 0 Å². The van der Waals surface area contributed by atoms with E-state index < -0.39 is 11.9 Å². The van der Waals surface area contributed by atoms with Crippen molar-refractivity contribution in [2.75, 3.05) is 6.61 Å². The van der Waals surface area contributed by atoms with E-state index >= 15 is 0 Å². The first-order valence-corrected chi connectivity index (χ1v) is 7.28. The highest BCUT2D eigenvalue weighted by Crippen LogP contribution is 2.04. The predicted octanol–water partition coefficient (Wildman–Crippen LogP) is 3.50. The first-order chi connectivity index (χ1) is 10.4. The van der Waals surface area contributed by atoms with Gasteiger partial charge in [-0.2, -0.15) is 0 Å². The Bertz CT molecular complexity index is 378. The molecule has 0 amide bonds. The number of carbonyl (C=O) groups excluding carboxylic acids is 3. The maximum atomic E-state index is 11.2. The molecule has 22 heavy (non-hydrogen) atoms. The van der Waals surface area contributed by atoms with Gasteiger partial charge >= 0.3 is 17.9 Å². The molecule has 0 saturated carbocycles. The van der Waals surface area contributed by atoms with Crippen LogP contribution in [0.5, 0.6) is 0 Å². The van der Waals surface area contributed by atoms with Gasteiger partial charge in [-0.05, 0) is 12.8 Å². The highest BCUT2D eigenvalue weighted by Gasteiger charge is 2.06. The number of carbonyl (C=O) groups is 3. The molecule has 5 nitrogen and oxygen atoms in total. The monoisotopic (exact) mass is 310 g/mol. The maximum absolute atomic E-state index is 11.2. The van der Waals surface area contributed by atoms with Gasteiger partial charge in [0.25, 0.3) is 0 Å². The Morgan fingerprint density at radius 1 is 0.955 bits per heavy atom. The highest BCUT2D eigenvalue weighted by atomic mass is 16.6. The van der Waals surface area contributed by atoms with Crippen molar-refractivity contribution in [1.82, 2.24) is 0 Å². The minimum absolute atomic E-state index is 0.224. The van der Waals surface area contributed by atoms with Gasteiger partial charge in [0.05, 0.1) is 6.61 Å². The van der Waals surface area contributed by atoms with E-state index in [1.165, 1.54) is 0 Å². The molecule has 0 aromatic carbocycles. The van der Waals surface area contributed by atoms with Crippen LogP contribution < -0.4 is 0 Å². The van der Waals surface area contributed by atoms with Crippen LogP contribution in [0.3, 0.4) is 0 Å². The fourth-order valence-corrected chi connectivity index (χ4v) is 1.21. The Hall–Kier alpha value is -2.17. The molecule has 0 spiro atoms. The Morgan fingerprint density at radius 3 is 1.91 bits per heavy atom. The topological polar surface area (TPSA) is 69.7 Å². The summed E-state index contributed by atoms with van der Waals surface area (Å²) >= 11 is 0. The lowest BCUT2D eigenvalue weighted by molar-refractivity contribution is -0.152. The third-order valence-electron chi connectivity index (χ3n) is 2.36. The normalized spacial score (nSPS) is 8.82. The number of hydrogen-bond donors (Lipinski definition) is 0. The summed E-state index contributed by atoms with van der Waals surface area (Å²) in [6, 6.07) is 0. The van der Waals surface area contributed by atoms with E-state index in [4.69, 9.17) is 4.74 Å². The van der Waals surface area contributed by atoms with Crippen LogP contribution in [0.2, 0.25) is 0 Å². The average Bonchev–Trinajstić information content (AvgIpc) is 2.51. The lowest BCUT2D eigenvalue weighted by Crippen LogP contribution is -2.08. The highest BCUT2D eigenvalue weighted by molar-refractivity contribution is 5.95. The van der Waals surface area contributed by atoms with E-state index in [0.29, 0.717) is 12.2 Å². The molecule has 0 aliphatic heterocycles. The molecule has 0 N–H and O–H groups in total. The summed E-state index contributed by atoms with van der Waals surface area (Å²) < 4.78 is 9.05. The molecule has 0 aliphatic carbocycles. The third kappa shape index (κ3) is 14.2. The quantitative estimate of drug-likeness (QED) is 0.282. The zero-order valence-corrected chi connectivity index (χ0v) is 13.6. The molecule has 0 heterocycles. The van der Waals surface area contributed by atoms with E-state index in [0.717, 1.165) is 44.3 Å². The first-order valence-electron chi connectivity index (χ1n) is 7.28. The van der Waals surface area contributed by atoms with Crippen molar-refractivity contribution in [2.45, 2.75) is 46.0 Å². The number of ether oxygens (including phenoxy) is 2. The van der Waals surface area contributed by atoms with Crippen molar-refractivity contribution in [3.63, 3.8) is 0 Å². The maximum Gasteiger partial charge on any atom is 0.338 e. The van der Waals surface area contributed by atoms with Gasteiger partial charge in [-0.1, -0.05) is 52.8 Å². The molecule has 5 heteroatoms. The van der Waals surface area contributed by atoms with Crippen LogP contribution in [-0.4, -0.2) is 24.5 Å². The SMILES string of the molecule is C=C(CCC)C(=O)OCCCCC.C=CC(=O)OC(=O)C=C. The summed E-state index contributed by atoms with van der Waals surface area (Å²) in [7, 11) is 0. The molecule has 0 bridgehead atoms. The Labute approximate surface area is 132 Å². The van der Waals surface area contributed by atoms with E-state index in [-0.39, 0.29) is 5.97 Å². The van der Waals surface area contributed by atoms with Crippen molar-refractivity contribution in [2.24, 2.45) is 0 Å². The zero-order valence-electron chi connectivity index (χ0n) is 13.6. The second-order valence-corrected chi connectivity index (χ2v) is 4.34. The van der Waals surface area contributed by atoms with Gasteiger partial charge in [0.2, 0.25) is 0 Å². The molecule has 0 unspecified atom stereocenters. The van der Waals surface area contributed by atoms with Crippen molar-refractivity contribution in [3.8, 4) is 0 Å². The molecule has 124 valence electrons. The van der Waals surface area contributed by atoms with Crippen LogP contribution in [-0.2, 0) is 23.9 Å². The van der Waals surface area contributed by atoms with Crippen molar-refractivity contribution in [1.29, 1.82) is 0 Å². The van der Waals surface area contributed by atoms with Crippen LogP contribution in [0, 0.1) is 0 Å². The van der Waals surface area contributed by atoms with E-state index in [1.807, 2.05) is 6.92 Å².